The number of carboxylic acid groups (broad SMARTS) is 1. The van der Waals surface area contributed by atoms with Crippen LogP contribution in [0.1, 0.15) is 45.4 Å². The van der Waals surface area contributed by atoms with Crippen LogP contribution in [0.5, 0.6) is 0 Å². The molecule has 108 valence electrons. The number of carboxylic acids is 1. The Morgan fingerprint density at radius 1 is 1.47 bits per heavy atom. The van der Waals surface area contributed by atoms with Gasteiger partial charge in [0.25, 0.3) is 0 Å². The molecular formula is C14H24N2O3. The first-order valence-corrected chi connectivity index (χ1v) is 7.32. The molecule has 2 fully saturated rings. The van der Waals surface area contributed by atoms with Gasteiger partial charge in [0.2, 0.25) is 5.91 Å². The highest BCUT2D eigenvalue weighted by atomic mass is 16.4. The van der Waals surface area contributed by atoms with Gasteiger partial charge in [-0.05, 0) is 32.2 Å². The molecule has 0 aromatic rings. The Kier molecular flexibility index (Phi) is 4.45. The van der Waals surface area contributed by atoms with Crippen LogP contribution in [0.4, 0.5) is 0 Å². The third-order valence-electron chi connectivity index (χ3n) is 4.47. The SMILES string of the molecule is CCCC1(C(=O)O)CCN(C(=O)CC2CCCN2)C1. The largest absolute Gasteiger partial charge is 0.481 e. The molecule has 0 aromatic heterocycles. The van der Waals surface area contributed by atoms with Crippen LogP contribution in [0.3, 0.4) is 0 Å². The number of amides is 1. The Bertz CT molecular complexity index is 353. The maximum absolute atomic E-state index is 12.2. The van der Waals surface area contributed by atoms with E-state index >= 15 is 0 Å². The zero-order valence-electron chi connectivity index (χ0n) is 11.7. The van der Waals surface area contributed by atoms with Crippen molar-refractivity contribution in [3.8, 4) is 0 Å². The summed E-state index contributed by atoms with van der Waals surface area (Å²) in [4.78, 5) is 25.4. The molecule has 5 nitrogen and oxygen atoms in total. The fraction of sp³-hybridized carbons (Fsp3) is 0.857. The molecule has 2 unspecified atom stereocenters. The van der Waals surface area contributed by atoms with E-state index in [0.29, 0.717) is 38.4 Å². The van der Waals surface area contributed by atoms with Gasteiger partial charge < -0.3 is 15.3 Å². The molecule has 1 amide bonds. The predicted octanol–water partition coefficient (Wildman–Crippen LogP) is 1.23. The van der Waals surface area contributed by atoms with Gasteiger partial charge in [-0.3, -0.25) is 9.59 Å². The maximum atomic E-state index is 12.2. The monoisotopic (exact) mass is 268 g/mol. The summed E-state index contributed by atoms with van der Waals surface area (Å²) in [6.07, 6.45) is 4.81. The lowest BCUT2D eigenvalue weighted by Crippen LogP contribution is -2.38. The van der Waals surface area contributed by atoms with Gasteiger partial charge in [-0.2, -0.15) is 0 Å². The minimum atomic E-state index is -0.747. The molecule has 2 atom stereocenters. The molecule has 19 heavy (non-hydrogen) atoms. The topological polar surface area (TPSA) is 69.6 Å². The lowest BCUT2D eigenvalue weighted by molar-refractivity contribution is -0.149. The average molecular weight is 268 g/mol. The van der Waals surface area contributed by atoms with E-state index < -0.39 is 11.4 Å². The average Bonchev–Trinajstić information content (AvgIpc) is 2.99. The molecule has 2 rings (SSSR count). The third kappa shape index (κ3) is 3.08. The molecule has 0 aromatic carbocycles. The summed E-state index contributed by atoms with van der Waals surface area (Å²) in [7, 11) is 0. The zero-order chi connectivity index (χ0) is 13.9. The molecule has 0 saturated carbocycles. The van der Waals surface area contributed by atoms with Gasteiger partial charge in [-0.1, -0.05) is 13.3 Å². The summed E-state index contributed by atoms with van der Waals surface area (Å²) < 4.78 is 0. The first-order valence-electron chi connectivity index (χ1n) is 7.32. The quantitative estimate of drug-likeness (QED) is 0.787. The lowest BCUT2D eigenvalue weighted by atomic mass is 9.83. The van der Waals surface area contributed by atoms with Crippen LogP contribution in [0.15, 0.2) is 0 Å². The summed E-state index contributed by atoms with van der Waals surface area (Å²) in [5.74, 6) is -0.637. The lowest BCUT2D eigenvalue weighted by Gasteiger charge is -2.24. The van der Waals surface area contributed by atoms with Gasteiger partial charge in [0.15, 0.2) is 0 Å². The number of rotatable bonds is 5. The Balaban J connectivity index is 1.92. The van der Waals surface area contributed by atoms with E-state index in [-0.39, 0.29) is 5.91 Å². The van der Waals surface area contributed by atoms with Crippen molar-refractivity contribution in [2.75, 3.05) is 19.6 Å². The van der Waals surface area contributed by atoms with Gasteiger partial charge >= 0.3 is 5.97 Å². The number of nitrogens with one attached hydrogen (secondary N) is 1. The second kappa shape index (κ2) is 5.90. The number of nitrogens with zero attached hydrogens (tertiary/aromatic N) is 1. The summed E-state index contributed by atoms with van der Waals surface area (Å²) in [6.45, 7) is 3.98. The highest BCUT2D eigenvalue weighted by Gasteiger charge is 2.45. The molecule has 5 heteroatoms. The Morgan fingerprint density at radius 3 is 2.84 bits per heavy atom. The molecular weight excluding hydrogens is 244 g/mol. The van der Waals surface area contributed by atoms with Gasteiger partial charge in [0.05, 0.1) is 5.41 Å². The van der Waals surface area contributed by atoms with Crippen molar-refractivity contribution in [3.63, 3.8) is 0 Å². The highest BCUT2D eigenvalue weighted by molar-refractivity contribution is 5.81. The molecule has 2 saturated heterocycles. The van der Waals surface area contributed by atoms with E-state index in [4.69, 9.17) is 0 Å². The second-order valence-electron chi connectivity index (χ2n) is 5.90. The molecule has 2 aliphatic rings. The second-order valence-corrected chi connectivity index (χ2v) is 5.90. The van der Waals surface area contributed by atoms with Gasteiger partial charge in [0, 0.05) is 25.6 Å². The van der Waals surface area contributed by atoms with E-state index in [2.05, 4.69) is 5.32 Å². The first-order chi connectivity index (χ1) is 9.07. The van der Waals surface area contributed by atoms with E-state index in [0.717, 1.165) is 25.8 Å². The number of hydrogen-bond acceptors (Lipinski definition) is 3. The molecule has 2 heterocycles. The van der Waals surface area contributed by atoms with Crippen LogP contribution in [0, 0.1) is 5.41 Å². The minimum Gasteiger partial charge on any atom is -0.481 e. The normalized spacial score (nSPS) is 30.8. The third-order valence-corrected chi connectivity index (χ3v) is 4.47. The van der Waals surface area contributed by atoms with Crippen molar-refractivity contribution in [2.45, 2.75) is 51.5 Å². The fourth-order valence-electron chi connectivity index (χ4n) is 3.32. The smallest absolute Gasteiger partial charge is 0.311 e. The van der Waals surface area contributed by atoms with Crippen LogP contribution in [-0.4, -0.2) is 47.6 Å². The van der Waals surface area contributed by atoms with Crippen molar-refractivity contribution in [1.29, 1.82) is 0 Å². The molecule has 2 aliphatic heterocycles. The Hall–Kier alpha value is -1.10. The maximum Gasteiger partial charge on any atom is 0.311 e. The van der Waals surface area contributed by atoms with Crippen LogP contribution in [0.2, 0.25) is 0 Å². The van der Waals surface area contributed by atoms with E-state index in [1.165, 1.54) is 0 Å². The number of carbonyl (C=O) groups is 2. The van der Waals surface area contributed by atoms with Gasteiger partial charge in [-0.25, -0.2) is 0 Å². The number of carbonyl (C=O) groups excluding carboxylic acids is 1. The molecule has 0 aliphatic carbocycles. The Morgan fingerprint density at radius 2 is 2.26 bits per heavy atom. The van der Waals surface area contributed by atoms with E-state index in [1.54, 1.807) is 4.90 Å². The number of hydrogen-bond donors (Lipinski definition) is 2. The fourth-order valence-corrected chi connectivity index (χ4v) is 3.32. The first kappa shape index (κ1) is 14.3. The van der Waals surface area contributed by atoms with Crippen molar-refractivity contribution in [2.24, 2.45) is 5.41 Å². The molecule has 0 bridgehead atoms. The molecule has 0 radical (unpaired) electrons. The highest BCUT2D eigenvalue weighted by Crippen LogP contribution is 2.36. The van der Waals surface area contributed by atoms with Crippen molar-refractivity contribution in [3.05, 3.63) is 0 Å². The summed E-state index contributed by atoms with van der Waals surface area (Å²) in [5, 5.41) is 12.7. The van der Waals surface area contributed by atoms with Crippen molar-refractivity contribution < 1.29 is 14.7 Å². The number of likely N-dealkylation sites (tertiary alicyclic amines) is 1. The molecule has 2 N–H and O–H groups in total. The zero-order valence-corrected chi connectivity index (χ0v) is 11.7. The van der Waals surface area contributed by atoms with Crippen LogP contribution in [0.25, 0.3) is 0 Å². The van der Waals surface area contributed by atoms with Crippen LogP contribution >= 0.6 is 0 Å². The van der Waals surface area contributed by atoms with Crippen LogP contribution in [-0.2, 0) is 9.59 Å². The van der Waals surface area contributed by atoms with Crippen molar-refractivity contribution >= 4 is 11.9 Å². The molecule has 0 spiro atoms. The number of aliphatic carboxylic acids is 1. The predicted molar refractivity (Wildman–Crippen MR) is 71.8 cm³/mol. The Labute approximate surface area is 114 Å². The summed E-state index contributed by atoms with van der Waals surface area (Å²) in [6, 6.07) is 0.290. The van der Waals surface area contributed by atoms with Crippen LogP contribution < -0.4 is 5.32 Å². The minimum absolute atomic E-state index is 0.110. The van der Waals surface area contributed by atoms with E-state index in [9.17, 15) is 14.7 Å². The summed E-state index contributed by atoms with van der Waals surface area (Å²) in [5.41, 5.74) is -0.701. The van der Waals surface area contributed by atoms with Gasteiger partial charge in [0.1, 0.15) is 0 Å². The van der Waals surface area contributed by atoms with E-state index in [1.807, 2.05) is 6.92 Å². The standard InChI is InChI=1S/C14H24N2O3/c1-2-5-14(13(18)19)6-8-16(10-14)12(17)9-11-4-3-7-15-11/h11,15H,2-10H2,1H3,(H,18,19). The van der Waals surface area contributed by atoms with Crippen molar-refractivity contribution in [1.82, 2.24) is 10.2 Å². The summed E-state index contributed by atoms with van der Waals surface area (Å²) >= 11 is 0. The van der Waals surface area contributed by atoms with Gasteiger partial charge in [-0.15, -0.1) is 0 Å².